The first-order valence-electron chi connectivity index (χ1n) is 9.56. The number of rotatable bonds is 8. The van der Waals surface area contributed by atoms with Gasteiger partial charge in [0.05, 0.1) is 29.1 Å². The molecule has 1 fully saturated rings. The first-order chi connectivity index (χ1) is 14.9. The molecule has 0 saturated heterocycles. The van der Waals surface area contributed by atoms with Gasteiger partial charge in [-0.15, -0.1) is 0 Å². The lowest BCUT2D eigenvalue weighted by Gasteiger charge is -2.16. The molecule has 0 aromatic heterocycles. The van der Waals surface area contributed by atoms with Crippen molar-refractivity contribution < 1.29 is 19.1 Å². The molecule has 4 N–H and O–H groups in total. The van der Waals surface area contributed by atoms with Crippen molar-refractivity contribution in [2.45, 2.75) is 25.8 Å². The number of primary amides is 1. The van der Waals surface area contributed by atoms with Gasteiger partial charge in [-0.3, -0.25) is 9.79 Å². The maximum Gasteiger partial charge on any atom is 0.319 e. The fraction of sp³-hybridized carbons (Fsp3) is 0.227. The molecular weight excluding hydrogens is 420 g/mol. The summed E-state index contributed by atoms with van der Waals surface area (Å²) >= 11 is 6.32. The third-order valence-corrected chi connectivity index (χ3v) is 4.92. The molecule has 1 aliphatic rings. The summed E-state index contributed by atoms with van der Waals surface area (Å²) in [5, 5.41) is 5.86. The number of carbonyl (C=O) groups is 2. The second kappa shape index (κ2) is 9.53. The largest absolute Gasteiger partial charge is 0.496 e. The van der Waals surface area contributed by atoms with E-state index in [4.69, 9.17) is 26.8 Å². The number of nitrogens with zero attached hydrogens (tertiary/aromatic N) is 1. The molecule has 0 aliphatic heterocycles. The topological polar surface area (TPSA) is 115 Å². The number of ether oxygens (including phenoxy) is 2. The molecule has 0 unspecified atom stereocenters. The number of allylic oxidation sites excluding steroid dienone is 1. The van der Waals surface area contributed by atoms with Crippen LogP contribution in [0.3, 0.4) is 0 Å². The first-order valence-corrected chi connectivity index (χ1v) is 9.94. The highest BCUT2D eigenvalue weighted by molar-refractivity contribution is 6.33. The minimum atomic E-state index is -0.646. The number of benzene rings is 2. The molecule has 8 nitrogen and oxygen atoms in total. The van der Waals surface area contributed by atoms with Gasteiger partial charge in [0.1, 0.15) is 17.3 Å². The summed E-state index contributed by atoms with van der Waals surface area (Å²) in [5.41, 5.74) is 7.08. The van der Waals surface area contributed by atoms with E-state index in [0.29, 0.717) is 33.5 Å². The molecule has 0 atom stereocenters. The normalized spacial score (nSPS) is 13.3. The lowest BCUT2D eigenvalue weighted by molar-refractivity contribution is 0.0997. The van der Waals surface area contributed by atoms with Crippen molar-refractivity contribution in [3.63, 3.8) is 0 Å². The standard InChI is InChI=1S/C22H23ClN4O4/c1-4-19(14-10-15(21(24)28)20(30-3)11-18(14)25-2)31-13-7-8-17(16(23)9-13)27-22(29)26-12-5-6-12/h4,7-12H,2,5-6H2,1,3H3,(H2,24,28)(H2,26,27,29)/b19-4+. The van der Waals surface area contributed by atoms with Gasteiger partial charge in [0.25, 0.3) is 5.91 Å². The number of hydrogen-bond acceptors (Lipinski definition) is 5. The van der Waals surface area contributed by atoms with Crippen LogP contribution in [-0.2, 0) is 0 Å². The van der Waals surface area contributed by atoms with Gasteiger partial charge in [0.2, 0.25) is 0 Å². The molecule has 0 heterocycles. The summed E-state index contributed by atoms with van der Waals surface area (Å²) in [5.74, 6) is 0.484. The predicted octanol–water partition coefficient (Wildman–Crippen LogP) is 4.50. The maximum atomic E-state index is 11.9. The van der Waals surface area contributed by atoms with Crippen molar-refractivity contribution in [3.8, 4) is 11.5 Å². The molecule has 9 heteroatoms. The Morgan fingerprint density at radius 2 is 2.00 bits per heavy atom. The molecule has 0 spiro atoms. The van der Waals surface area contributed by atoms with Crippen molar-refractivity contribution in [1.82, 2.24) is 5.32 Å². The van der Waals surface area contributed by atoms with Gasteiger partial charge < -0.3 is 25.8 Å². The van der Waals surface area contributed by atoms with Crippen LogP contribution in [0.15, 0.2) is 41.4 Å². The summed E-state index contributed by atoms with van der Waals surface area (Å²) in [6, 6.07) is 7.94. The second-order valence-electron chi connectivity index (χ2n) is 6.86. The van der Waals surface area contributed by atoms with Crippen LogP contribution >= 0.6 is 11.6 Å². The summed E-state index contributed by atoms with van der Waals surface area (Å²) in [7, 11) is 1.43. The van der Waals surface area contributed by atoms with Crippen LogP contribution in [-0.4, -0.2) is 31.8 Å². The van der Waals surface area contributed by atoms with Crippen LogP contribution in [0.25, 0.3) is 5.76 Å². The highest BCUT2D eigenvalue weighted by Crippen LogP contribution is 2.36. The molecular formula is C22H23ClN4O4. The fourth-order valence-corrected chi connectivity index (χ4v) is 3.11. The summed E-state index contributed by atoms with van der Waals surface area (Å²) in [6.45, 7) is 5.35. The van der Waals surface area contributed by atoms with E-state index < -0.39 is 5.91 Å². The molecule has 0 bridgehead atoms. The smallest absolute Gasteiger partial charge is 0.319 e. The first kappa shape index (κ1) is 22.2. The number of halogens is 1. The zero-order valence-corrected chi connectivity index (χ0v) is 18.0. The zero-order valence-electron chi connectivity index (χ0n) is 17.2. The van der Waals surface area contributed by atoms with E-state index in [0.717, 1.165) is 12.8 Å². The van der Waals surface area contributed by atoms with Gasteiger partial charge >= 0.3 is 6.03 Å². The van der Waals surface area contributed by atoms with Crippen molar-refractivity contribution in [2.24, 2.45) is 10.7 Å². The number of hydrogen-bond donors (Lipinski definition) is 3. The molecule has 3 rings (SSSR count). The van der Waals surface area contributed by atoms with Gasteiger partial charge in [-0.25, -0.2) is 4.79 Å². The minimum Gasteiger partial charge on any atom is -0.496 e. The lowest BCUT2D eigenvalue weighted by atomic mass is 10.0. The van der Waals surface area contributed by atoms with Gasteiger partial charge in [0.15, 0.2) is 0 Å². The third kappa shape index (κ3) is 5.35. The number of methoxy groups -OCH3 is 1. The Labute approximate surface area is 185 Å². The Morgan fingerprint density at radius 3 is 2.55 bits per heavy atom. The number of nitrogens with two attached hydrogens (primary N) is 1. The fourth-order valence-electron chi connectivity index (χ4n) is 2.89. The molecule has 2 aromatic rings. The van der Waals surface area contributed by atoms with E-state index in [9.17, 15) is 9.59 Å². The summed E-state index contributed by atoms with van der Waals surface area (Å²) in [6.07, 6.45) is 3.69. The molecule has 31 heavy (non-hydrogen) atoms. The molecule has 0 radical (unpaired) electrons. The Balaban J connectivity index is 1.84. The van der Waals surface area contributed by atoms with E-state index in [1.54, 1.807) is 43.3 Å². The Kier molecular flexibility index (Phi) is 6.81. The third-order valence-electron chi connectivity index (χ3n) is 4.61. The van der Waals surface area contributed by atoms with Crippen molar-refractivity contribution >= 4 is 47.4 Å². The van der Waals surface area contributed by atoms with Gasteiger partial charge in [-0.2, -0.15) is 0 Å². The van der Waals surface area contributed by atoms with Crippen LogP contribution in [0.2, 0.25) is 5.02 Å². The van der Waals surface area contributed by atoms with E-state index in [1.807, 2.05) is 0 Å². The summed E-state index contributed by atoms with van der Waals surface area (Å²) < 4.78 is 11.2. The lowest BCUT2D eigenvalue weighted by Crippen LogP contribution is -2.30. The van der Waals surface area contributed by atoms with Crippen molar-refractivity contribution in [3.05, 3.63) is 52.6 Å². The number of carbonyl (C=O) groups excluding carboxylic acids is 2. The average molecular weight is 443 g/mol. The highest BCUT2D eigenvalue weighted by atomic mass is 35.5. The van der Waals surface area contributed by atoms with Gasteiger partial charge in [-0.1, -0.05) is 11.6 Å². The predicted molar refractivity (Wildman–Crippen MR) is 122 cm³/mol. The number of urea groups is 1. The quantitative estimate of drug-likeness (QED) is 0.412. The average Bonchev–Trinajstić information content (AvgIpc) is 3.56. The van der Waals surface area contributed by atoms with Crippen LogP contribution in [0.4, 0.5) is 16.2 Å². The van der Waals surface area contributed by atoms with Crippen LogP contribution < -0.4 is 25.8 Å². The second-order valence-corrected chi connectivity index (χ2v) is 7.27. The van der Waals surface area contributed by atoms with E-state index >= 15 is 0 Å². The Bertz CT molecular complexity index is 1060. The molecule has 2 aromatic carbocycles. The summed E-state index contributed by atoms with van der Waals surface area (Å²) in [4.78, 5) is 27.8. The molecule has 162 valence electrons. The maximum absolute atomic E-state index is 11.9. The van der Waals surface area contributed by atoms with Crippen LogP contribution in [0, 0.1) is 0 Å². The molecule has 1 aliphatic carbocycles. The molecule has 3 amide bonds. The Hall–Kier alpha value is -3.52. The monoisotopic (exact) mass is 442 g/mol. The number of nitrogens with one attached hydrogen (secondary N) is 2. The SMILES string of the molecule is C=Nc1cc(OC)c(C(N)=O)cc1/C(=C\C)Oc1ccc(NC(=O)NC2CC2)c(Cl)c1. The number of aliphatic imine (C=N–C) groups is 1. The minimum absolute atomic E-state index is 0.187. The van der Waals surface area contributed by atoms with Crippen molar-refractivity contribution in [1.29, 1.82) is 0 Å². The van der Waals surface area contributed by atoms with Crippen LogP contribution in [0.5, 0.6) is 11.5 Å². The van der Waals surface area contributed by atoms with Crippen molar-refractivity contribution in [2.75, 3.05) is 12.4 Å². The number of anilines is 1. The van der Waals surface area contributed by atoms with Gasteiger partial charge in [-0.05, 0) is 50.8 Å². The highest BCUT2D eigenvalue weighted by Gasteiger charge is 2.23. The van der Waals surface area contributed by atoms with E-state index in [-0.39, 0.29) is 23.4 Å². The van der Waals surface area contributed by atoms with Gasteiger partial charge in [0, 0.05) is 23.7 Å². The van der Waals surface area contributed by atoms with Crippen LogP contribution in [0.1, 0.15) is 35.7 Å². The van der Waals surface area contributed by atoms with E-state index in [1.165, 1.54) is 7.11 Å². The molecule has 1 saturated carbocycles. The Morgan fingerprint density at radius 1 is 1.26 bits per heavy atom. The zero-order chi connectivity index (χ0) is 22.5. The number of amides is 3. The van der Waals surface area contributed by atoms with E-state index in [2.05, 4.69) is 22.3 Å².